The zero-order valence-corrected chi connectivity index (χ0v) is 8.35. The third-order valence-corrected chi connectivity index (χ3v) is 2.01. The van der Waals surface area contributed by atoms with Gasteiger partial charge >= 0.3 is 11.9 Å². The van der Waals surface area contributed by atoms with Crippen LogP contribution in [0.4, 0.5) is 0 Å². The van der Waals surface area contributed by atoms with Crippen LogP contribution in [-0.2, 0) is 9.53 Å². The van der Waals surface area contributed by atoms with E-state index in [0.29, 0.717) is 0 Å². The minimum Gasteiger partial charge on any atom is -0.504 e. The first-order valence-corrected chi connectivity index (χ1v) is 4.40. The van der Waals surface area contributed by atoms with Crippen LogP contribution in [0.3, 0.4) is 0 Å². The summed E-state index contributed by atoms with van der Waals surface area (Å²) in [6.45, 7) is -0.266. The van der Waals surface area contributed by atoms with E-state index in [2.05, 4.69) is 4.74 Å². The van der Waals surface area contributed by atoms with Crippen LogP contribution in [0.25, 0.3) is 0 Å². The van der Waals surface area contributed by atoms with Crippen LogP contribution >= 0.6 is 0 Å². The quantitative estimate of drug-likeness (QED) is 0.551. The summed E-state index contributed by atoms with van der Waals surface area (Å²) >= 11 is 0. The molecule has 0 saturated carbocycles. The van der Waals surface area contributed by atoms with Crippen molar-refractivity contribution in [3.8, 4) is 17.2 Å². The largest absolute Gasteiger partial charge is 0.504 e. The summed E-state index contributed by atoms with van der Waals surface area (Å²) in [5.74, 6) is -1.44. The van der Waals surface area contributed by atoms with Crippen molar-refractivity contribution in [1.82, 2.24) is 0 Å². The van der Waals surface area contributed by atoms with Crippen molar-refractivity contribution >= 4 is 11.9 Å². The lowest BCUT2D eigenvalue weighted by atomic mass is 10.2. The Bertz CT molecular complexity index is 465. The molecule has 6 heteroatoms. The van der Waals surface area contributed by atoms with Crippen molar-refractivity contribution in [3.63, 3.8) is 0 Å². The normalized spacial score (nSPS) is 13.4. The number of hydrogen-bond acceptors (Lipinski definition) is 6. The number of phenolic OH excluding ortho intramolecular Hbond substituents is 1. The molecule has 0 amide bonds. The molecule has 0 fully saturated rings. The standard InChI is InChI=1S/C10H8O6/c1-14-10(13)5-2-6(11)9-7(3-5)16-8(12)4-15-9/h2-3,11H,4H2,1H3. The van der Waals surface area contributed by atoms with Gasteiger partial charge in [0.05, 0.1) is 12.7 Å². The average molecular weight is 224 g/mol. The number of hydrogen-bond donors (Lipinski definition) is 1. The van der Waals surface area contributed by atoms with Crippen molar-refractivity contribution in [2.24, 2.45) is 0 Å². The van der Waals surface area contributed by atoms with E-state index >= 15 is 0 Å². The number of phenols is 1. The predicted octanol–water partition coefficient (Wildman–Crippen LogP) is 0.477. The molecule has 6 nitrogen and oxygen atoms in total. The lowest BCUT2D eigenvalue weighted by Gasteiger charge is -2.18. The number of methoxy groups -OCH3 is 1. The molecule has 0 atom stereocenters. The molecule has 1 aliphatic rings. The maximum atomic E-state index is 11.2. The Labute approximate surface area is 90.3 Å². The van der Waals surface area contributed by atoms with E-state index in [4.69, 9.17) is 9.47 Å². The zero-order chi connectivity index (χ0) is 11.7. The van der Waals surface area contributed by atoms with Gasteiger partial charge in [-0.3, -0.25) is 0 Å². The molecule has 0 aliphatic carbocycles. The van der Waals surface area contributed by atoms with Gasteiger partial charge in [0, 0.05) is 0 Å². The second-order valence-electron chi connectivity index (χ2n) is 3.08. The molecular weight excluding hydrogens is 216 g/mol. The number of benzene rings is 1. The fraction of sp³-hybridized carbons (Fsp3) is 0.200. The van der Waals surface area contributed by atoms with Crippen molar-refractivity contribution in [2.75, 3.05) is 13.7 Å². The topological polar surface area (TPSA) is 82.1 Å². The first-order chi connectivity index (χ1) is 7.61. The lowest BCUT2D eigenvalue weighted by Crippen LogP contribution is -2.23. The number of carbonyl (C=O) groups excluding carboxylic acids is 2. The Morgan fingerprint density at radius 2 is 2.25 bits per heavy atom. The highest BCUT2D eigenvalue weighted by atomic mass is 16.6. The SMILES string of the molecule is COC(=O)c1cc(O)c2c(c1)OC(=O)CO2. The van der Waals surface area contributed by atoms with Crippen molar-refractivity contribution in [3.05, 3.63) is 17.7 Å². The van der Waals surface area contributed by atoms with Gasteiger partial charge < -0.3 is 19.3 Å². The van der Waals surface area contributed by atoms with Crippen LogP contribution in [-0.4, -0.2) is 30.8 Å². The molecule has 1 aromatic rings. The highest BCUT2D eigenvalue weighted by Gasteiger charge is 2.24. The molecule has 0 spiro atoms. The van der Waals surface area contributed by atoms with Crippen LogP contribution < -0.4 is 9.47 Å². The van der Waals surface area contributed by atoms with E-state index in [0.717, 1.165) is 0 Å². The van der Waals surface area contributed by atoms with Gasteiger partial charge in [-0.2, -0.15) is 0 Å². The van der Waals surface area contributed by atoms with Crippen molar-refractivity contribution in [1.29, 1.82) is 0 Å². The van der Waals surface area contributed by atoms with Crippen LogP contribution in [0.15, 0.2) is 12.1 Å². The monoisotopic (exact) mass is 224 g/mol. The van der Waals surface area contributed by atoms with E-state index in [1.54, 1.807) is 0 Å². The minimum atomic E-state index is -0.639. The van der Waals surface area contributed by atoms with Gasteiger partial charge in [0.15, 0.2) is 18.1 Å². The van der Waals surface area contributed by atoms with E-state index in [-0.39, 0.29) is 29.4 Å². The molecule has 0 radical (unpaired) electrons. The predicted molar refractivity (Wildman–Crippen MR) is 50.6 cm³/mol. The van der Waals surface area contributed by atoms with E-state index < -0.39 is 11.9 Å². The number of ether oxygens (including phenoxy) is 3. The molecule has 2 rings (SSSR count). The van der Waals surface area contributed by atoms with E-state index in [9.17, 15) is 14.7 Å². The fourth-order valence-corrected chi connectivity index (χ4v) is 1.33. The maximum Gasteiger partial charge on any atom is 0.349 e. The van der Waals surface area contributed by atoms with E-state index in [1.165, 1.54) is 19.2 Å². The van der Waals surface area contributed by atoms with Crippen LogP contribution in [0.5, 0.6) is 17.2 Å². The molecular formula is C10H8O6. The fourth-order valence-electron chi connectivity index (χ4n) is 1.33. The molecule has 1 aliphatic heterocycles. The third kappa shape index (κ3) is 1.65. The van der Waals surface area contributed by atoms with Gasteiger partial charge in [0.1, 0.15) is 0 Å². The summed E-state index contributed by atoms with van der Waals surface area (Å²) in [4.78, 5) is 22.2. The summed E-state index contributed by atoms with van der Waals surface area (Å²) in [5.41, 5.74) is 0.0806. The highest BCUT2D eigenvalue weighted by molar-refractivity contribution is 5.91. The van der Waals surface area contributed by atoms with Crippen LogP contribution in [0, 0.1) is 0 Å². The molecule has 0 unspecified atom stereocenters. The molecule has 84 valence electrons. The van der Waals surface area contributed by atoms with Gasteiger partial charge in [-0.25, -0.2) is 9.59 Å². The summed E-state index contributed by atoms with van der Waals surface area (Å²) in [6, 6.07) is 2.46. The second kappa shape index (κ2) is 3.73. The molecule has 1 heterocycles. The number of rotatable bonds is 1. The summed E-state index contributed by atoms with van der Waals surface area (Å²) < 4.78 is 14.3. The number of esters is 2. The summed E-state index contributed by atoms with van der Waals surface area (Å²) in [7, 11) is 1.21. The van der Waals surface area contributed by atoms with E-state index in [1.807, 2.05) is 0 Å². The molecule has 1 aromatic carbocycles. The summed E-state index contributed by atoms with van der Waals surface area (Å²) in [6.07, 6.45) is 0. The Morgan fingerprint density at radius 3 is 2.94 bits per heavy atom. The van der Waals surface area contributed by atoms with Gasteiger partial charge in [0.25, 0.3) is 0 Å². The van der Waals surface area contributed by atoms with Crippen molar-refractivity contribution < 1.29 is 28.9 Å². The Kier molecular flexibility index (Phi) is 2.40. The number of fused-ring (bicyclic) bond motifs is 1. The van der Waals surface area contributed by atoms with Gasteiger partial charge in [-0.15, -0.1) is 0 Å². The Hall–Kier alpha value is -2.24. The number of carbonyl (C=O) groups is 2. The third-order valence-electron chi connectivity index (χ3n) is 2.01. The van der Waals surface area contributed by atoms with Crippen molar-refractivity contribution in [2.45, 2.75) is 0 Å². The van der Waals surface area contributed by atoms with Gasteiger partial charge in [0.2, 0.25) is 5.75 Å². The molecule has 0 bridgehead atoms. The van der Waals surface area contributed by atoms with Crippen LogP contribution in [0.2, 0.25) is 0 Å². The first-order valence-electron chi connectivity index (χ1n) is 4.40. The average Bonchev–Trinajstić information content (AvgIpc) is 2.27. The number of aromatic hydroxyl groups is 1. The first kappa shape index (κ1) is 10.3. The minimum absolute atomic E-state index is 0.0108. The molecule has 1 N–H and O–H groups in total. The Morgan fingerprint density at radius 1 is 1.50 bits per heavy atom. The smallest absolute Gasteiger partial charge is 0.349 e. The Balaban J connectivity index is 2.47. The zero-order valence-electron chi connectivity index (χ0n) is 8.35. The highest BCUT2D eigenvalue weighted by Crippen LogP contribution is 2.39. The second-order valence-corrected chi connectivity index (χ2v) is 3.08. The van der Waals surface area contributed by atoms with Crippen LogP contribution in [0.1, 0.15) is 10.4 Å². The maximum absolute atomic E-state index is 11.2. The van der Waals surface area contributed by atoms with Gasteiger partial charge in [-0.1, -0.05) is 0 Å². The molecule has 16 heavy (non-hydrogen) atoms. The van der Waals surface area contributed by atoms with Gasteiger partial charge in [-0.05, 0) is 12.1 Å². The lowest BCUT2D eigenvalue weighted by molar-refractivity contribution is -0.138. The summed E-state index contributed by atoms with van der Waals surface area (Å²) in [5, 5.41) is 9.54. The molecule has 0 saturated heterocycles. The molecule has 0 aromatic heterocycles.